The Morgan fingerprint density at radius 2 is 1.93 bits per heavy atom. The molecule has 0 aliphatic carbocycles. The molecule has 5 nitrogen and oxygen atoms in total. The van der Waals surface area contributed by atoms with Crippen LogP contribution in [0.5, 0.6) is 0 Å². The topological polar surface area (TPSA) is 84.2 Å². The van der Waals surface area contributed by atoms with Crippen molar-refractivity contribution in [3.63, 3.8) is 0 Å². The molecule has 0 rings (SSSR count). The molecular formula is C9H19N3O2. The fourth-order valence-corrected chi connectivity index (χ4v) is 0.811. The zero-order chi connectivity index (χ0) is 11.0. The molecule has 14 heavy (non-hydrogen) atoms. The summed E-state index contributed by atoms with van der Waals surface area (Å²) in [7, 11) is 0. The van der Waals surface area contributed by atoms with Crippen LogP contribution in [0.4, 0.5) is 0 Å². The standard InChI is InChI=1S/C9H19N3O2/c1-3-5-11-8(13)6-12-9(14)7(10)4-2/h7H,3-6,10H2,1-2H3,(H,11,13)(H,12,14)/t7-/m0/s1. The van der Waals surface area contributed by atoms with Crippen molar-refractivity contribution in [3.8, 4) is 0 Å². The number of carbonyl (C=O) groups excluding carboxylic acids is 2. The molecule has 0 radical (unpaired) electrons. The van der Waals surface area contributed by atoms with Gasteiger partial charge >= 0.3 is 0 Å². The lowest BCUT2D eigenvalue weighted by molar-refractivity contribution is -0.126. The van der Waals surface area contributed by atoms with Gasteiger partial charge in [0.25, 0.3) is 0 Å². The van der Waals surface area contributed by atoms with E-state index in [2.05, 4.69) is 10.6 Å². The monoisotopic (exact) mass is 201 g/mol. The molecule has 0 saturated carbocycles. The highest BCUT2D eigenvalue weighted by Gasteiger charge is 2.11. The summed E-state index contributed by atoms with van der Waals surface area (Å²) in [5.74, 6) is -0.456. The summed E-state index contributed by atoms with van der Waals surface area (Å²) >= 11 is 0. The van der Waals surface area contributed by atoms with Crippen LogP contribution < -0.4 is 16.4 Å². The van der Waals surface area contributed by atoms with E-state index in [1.54, 1.807) is 0 Å². The van der Waals surface area contributed by atoms with E-state index in [1.807, 2.05) is 13.8 Å². The van der Waals surface area contributed by atoms with Gasteiger partial charge in [-0.15, -0.1) is 0 Å². The average molecular weight is 201 g/mol. The van der Waals surface area contributed by atoms with E-state index in [4.69, 9.17) is 5.73 Å². The van der Waals surface area contributed by atoms with Crippen molar-refractivity contribution in [3.05, 3.63) is 0 Å². The third-order valence-corrected chi connectivity index (χ3v) is 1.77. The first kappa shape index (κ1) is 12.9. The number of carbonyl (C=O) groups is 2. The maximum absolute atomic E-state index is 11.1. The van der Waals surface area contributed by atoms with E-state index < -0.39 is 6.04 Å². The van der Waals surface area contributed by atoms with Gasteiger partial charge in [0.15, 0.2) is 0 Å². The molecule has 0 unspecified atom stereocenters. The SMILES string of the molecule is CCCNC(=O)CNC(=O)[C@@H](N)CC. The molecule has 2 amide bonds. The van der Waals surface area contributed by atoms with Gasteiger partial charge in [-0.2, -0.15) is 0 Å². The Morgan fingerprint density at radius 3 is 2.43 bits per heavy atom. The summed E-state index contributed by atoms with van der Waals surface area (Å²) in [5.41, 5.74) is 5.46. The van der Waals surface area contributed by atoms with Gasteiger partial charge in [-0.3, -0.25) is 9.59 Å². The van der Waals surface area contributed by atoms with E-state index in [0.717, 1.165) is 6.42 Å². The van der Waals surface area contributed by atoms with Gasteiger partial charge in [0.1, 0.15) is 0 Å². The van der Waals surface area contributed by atoms with Gasteiger partial charge in [0, 0.05) is 6.54 Å². The third kappa shape index (κ3) is 5.53. The lowest BCUT2D eigenvalue weighted by atomic mass is 10.2. The quantitative estimate of drug-likeness (QED) is 0.535. The van der Waals surface area contributed by atoms with Crippen molar-refractivity contribution < 1.29 is 9.59 Å². The van der Waals surface area contributed by atoms with Crippen LogP contribution in [0.3, 0.4) is 0 Å². The van der Waals surface area contributed by atoms with E-state index in [9.17, 15) is 9.59 Å². The molecule has 5 heteroatoms. The Morgan fingerprint density at radius 1 is 1.29 bits per heavy atom. The molecule has 0 aliphatic rings. The van der Waals surface area contributed by atoms with Crippen LogP contribution in [0, 0.1) is 0 Å². The smallest absolute Gasteiger partial charge is 0.239 e. The summed E-state index contributed by atoms with van der Waals surface area (Å²) in [4.78, 5) is 22.2. The van der Waals surface area contributed by atoms with Gasteiger partial charge in [-0.25, -0.2) is 0 Å². The first-order valence-corrected chi connectivity index (χ1v) is 4.91. The number of rotatable bonds is 6. The van der Waals surface area contributed by atoms with Crippen molar-refractivity contribution in [2.75, 3.05) is 13.1 Å². The number of hydrogen-bond acceptors (Lipinski definition) is 3. The lowest BCUT2D eigenvalue weighted by Crippen LogP contribution is -2.44. The largest absolute Gasteiger partial charge is 0.355 e. The van der Waals surface area contributed by atoms with E-state index in [1.165, 1.54) is 0 Å². The number of hydrogen-bond donors (Lipinski definition) is 3. The first-order valence-electron chi connectivity index (χ1n) is 4.91. The van der Waals surface area contributed by atoms with Gasteiger partial charge in [-0.1, -0.05) is 13.8 Å². The van der Waals surface area contributed by atoms with Gasteiger partial charge in [0.2, 0.25) is 11.8 Å². The number of nitrogens with one attached hydrogen (secondary N) is 2. The van der Waals surface area contributed by atoms with Crippen LogP contribution in [-0.4, -0.2) is 30.9 Å². The molecular weight excluding hydrogens is 182 g/mol. The van der Waals surface area contributed by atoms with Crippen LogP contribution in [-0.2, 0) is 9.59 Å². The van der Waals surface area contributed by atoms with Gasteiger partial charge in [0.05, 0.1) is 12.6 Å². The summed E-state index contributed by atoms with van der Waals surface area (Å²) < 4.78 is 0. The Balaban J connectivity index is 3.61. The minimum absolute atomic E-state index is 0.00648. The van der Waals surface area contributed by atoms with Gasteiger partial charge in [-0.05, 0) is 12.8 Å². The highest BCUT2D eigenvalue weighted by atomic mass is 16.2. The van der Waals surface area contributed by atoms with Crippen LogP contribution in [0.2, 0.25) is 0 Å². The second-order valence-electron chi connectivity index (χ2n) is 3.08. The second-order valence-corrected chi connectivity index (χ2v) is 3.08. The molecule has 0 bridgehead atoms. The Kier molecular flexibility index (Phi) is 6.74. The first-order chi connectivity index (χ1) is 6.61. The predicted octanol–water partition coefficient (Wildman–Crippen LogP) is -0.634. The van der Waals surface area contributed by atoms with Crippen molar-refractivity contribution in [2.45, 2.75) is 32.7 Å². The Bertz CT molecular complexity index is 194. The zero-order valence-electron chi connectivity index (χ0n) is 8.80. The number of amides is 2. The lowest BCUT2D eigenvalue weighted by Gasteiger charge is -2.09. The van der Waals surface area contributed by atoms with E-state index >= 15 is 0 Å². The van der Waals surface area contributed by atoms with E-state index in [0.29, 0.717) is 13.0 Å². The maximum atomic E-state index is 11.1. The molecule has 0 spiro atoms. The molecule has 0 aromatic carbocycles. The molecule has 0 saturated heterocycles. The highest BCUT2D eigenvalue weighted by molar-refractivity contribution is 5.87. The van der Waals surface area contributed by atoms with Crippen LogP contribution in [0.25, 0.3) is 0 Å². The van der Waals surface area contributed by atoms with Crippen molar-refractivity contribution in [1.82, 2.24) is 10.6 Å². The minimum atomic E-state index is -0.519. The van der Waals surface area contributed by atoms with Crippen molar-refractivity contribution in [2.24, 2.45) is 5.73 Å². The molecule has 0 heterocycles. The number of nitrogens with two attached hydrogens (primary N) is 1. The zero-order valence-corrected chi connectivity index (χ0v) is 8.80. The molecule has 4 N–H and O–H groups in total. The van der Waals surface area contributed by atoms with Crippen molar-refractivity contribution in [1.29, 1.82) is 0 Å². The fourth-order valence-electron chi connectivity index (χ4n) is 0.811. The molecule has 1 atom stereocenters. The second kappa shape index (κ2) is 7.32. The van der Waals surface area contributed by atoms with Crippen LogP contribution >= 0.6 is 0 Å². The highest BCUT2D eigenvalue weighted by Crippen LogP contribution is 1.84. The normalized spacial score (nSPS) is 11.9. The molecule has 0 aromatic heterocycles. The summed E-state index contributed by atoms with van der Waals surface area (Å²) in [6, 6.07) is -0.519. The third-order valence-electron chi connectivity index (χ3n) is 1.77. The molecule has 0 aromatic rings. The predicted molar refractivity (Wildman–Crippen MR) is 54.6 cm³/mol. The van der Waals surface area contributed by atoms with Crippen LogP contribution in [0.1, 0.15) is 26.7 Å². The average Bonchev–Trinajstić information content (AvgIpc) is 2.21. The minimum Gasteiger partial charge on any atom is -0.355 e. The summed E-state index contributed by atoms with van der Waals surface area (Å²) in [6.07, 6.45) is 1.45. The Labute approximate surface area is 84.4 Å². The fraction of sp³-hybridized carbons (Fsp3) is 0.778. The van der Waals surface area contributed by atoms with E-state index in [-0.39, 0.29) is 18.4 Å². The van der Waals surface area contributed by atoms with Crippen molar-refractivity contribution >= 4 is 11.8 Å². The molecule has 0 fully saturated rings. The summed E-state index contributed by atoms with van der Waals surface area (Å²) in [6.45, 7) is 4.42. The van der Waals surface area contributed by atoms with Gasteiger partial charge < -0.3 is 16.4 Å². The Hall–Kier alpha value is -1.10. The summed E-state index contributed by atoms with van der Waals surface area (Å²) in [5, 5.41) is 5.12. The molecule has 82 valence electrons. The molecule has 0 aliphatic heterocycles. The van der Waals surface area contributed by atoms with Crippen LogP contribution in [0.15, 0.2) is 0 Å². The maximum Gasteiger partial charge on any atom is 0.239 e.